The van der Waals surface area contributed by atoms with Gasteiger partial charge in [-0.1, -0.05) is 192 Å². The third kappa shape index (κ3) is 23.1. The Kier molecular flexibility index (Phi) is 30.0. The van der Waals surface area contributed by atoms with E-state index >= 15 is 0 Å². The fourth-order valence-corrected chi connectivity index (χ4v) is 10.1. The van der Waals surface area contributed by atoms with E-state index < -0.39 is 0 Å². The van der Waals surface area contributed by atoms with Gasteiger partial charge in [0.05, 0.1) is 0 Å². The normalized spacial score (nSPS) is 12.2. The topological polar surface area (TPSA) is 25.3 Å². The summed E-state index contributed by atoms with van der Waals surface area (Å²) in [5.74, 6) is 6.96. The van der Waals surface area contributed by atoms with Gasteiger partial charge in [-0.3, -0.25) is 0 Å². The first-order chi connectivity index (χ1) is 33.4. The van der Waals surface area contributed by atoms with Gasteiger partial charge in [0.1, 0.15) is 0 Å². The summed E-state index contributed by atoms with van der Waals surface area (Å²) in [6.07, 6.45) is 41.1. The van der Waals surface area contributed by atoms with E-state index in [2.05, 4.69) is 150 Å². The Morgan fingerprint density at radius 1 is 0.456 bits per heavy atom. The molecular weight excluding hydrogens is 867 g/mol. The third-order valence-corrected chi connectivity index (χ3v) is 14.6. The van der Waals surface area contributed by atoms with Crippen molar-refractivity contribution in [3.8, 4) is 11.8 Å². The number of unbranched alkanes of at least 4 members (excludes halogenated alkanes) is 23. The van der Waals surface area contributed by atoms with E-state index in [0.717, 1.165) is 61.0 Å². The van der Waals surface area contributed by atoms with Gasteiger partial charge in [0.25, 0.3) is 0 Å². The molecule has 1 heterocycles. The van der Waals surface area contributed by atoms with Crippen LogP contribution in [0.25, 0.3) is 16.9 Å². The monoisotopic (exact) mass is 959 g/mol. The maximum absolute atomic E-state index is 11.8. The molecule has 0 spiro atoms. The second-order valence-electron chi connectivity index (χ2n) is 19.6. The molecular formula is C65H92N2Ni. The summed E-state index contributed by atoms with van der Waals surface area (Å²) in [4.78, 5) is 0. The van der Waals surface area contributed by atoms with E-state index in [0.29, 0.717) is 0 Å². The van der Waals surface area contributed by atoms with Crippen LogP contribution < -0.4 is 9.07 Å². The molecule has 4 aromatic rings. The summed E-state index contributed by atoms with van der Waals surface area (Å²) in [6, 6.07) is 34.8. The Labute approximate surface area is 424 Å². The van der Waals surface area contributed by atoms with Crippen LogP contribution in [0.5, 0.6) is 0 Å². The molecule has 0 aromatic heterocycles. The first-order valence-electron chi connectivity index (χ1n) is 27.7. The molecule has 3 heteroatoms. The van der Waals surface area contributed by atoms with Crippen LogP contribution in [0.3, 0.4) is 0 Å². The van der Waals surface area contributed by atoms with Gasteiger partial charge in [0, 0.05) is 35.6 Å². The molecule has 0 bridgehead atoms. The van der Waals surface area contributed by atoms with Crippen molar-refractivity contribution in [2.75, 3.05) is 0 Å². The van der Waals surface area contributed by atoms with Crippen LogP contribution in [-0.4, -0.2) is 4.70 Å². The van der Waals surface area contributed by atoms with Crippen LogP contribution in [-0.2, 0) is 27.3 Å². The van der Waals surface area contributed by atoms with Gasteiger partial charge in [-0.2, -0.15) is 0 Å². The molecule has 2 nitrogen and oxygen atoms in total. The second kappa shape index (κ2) is 36.0. The summed E-state index contributed by atoms with van der Waals surface area (Å²) in [7, 11) is 0. The van der Waals surface area contributed by atoms with Gasteiger partial charge in [-0.05, 0) is 67.9 Å². The Morgan fingerprint density at radius 3 is 1.49 bits per heavy atom. The van der Waals surface area contributed by atoms with E-state index in [1.54, 1.807) is 14.4 Å². The van der Waals surface area contributed by atoms with E-state index in [9.17, 15) is 5.53 Å². The van der Waals surface area contributed by atoms with Crippen LogP contribution in [0.2, 0.25) is 0 Å². The summed E-state index contributed by atoms with van der Waals surface area (Å²) in [5, 5.41) is 0. The molecule has 0 amide bonds. The van der Waals surface area contributed by atoms with Crippen molar-refractivity contribution in [3.05, 3.63) is 148 Å². The molecule has 4 aromatic carbocycles. The third-order valence-electron chi connectivity index (χ3n) is 13.4. The minimum absolute atomic E-state index is 0.861. The number of allylic oxidation sites excluding steroid dienone is 2. The van der Waals surface area contributed by atoms with Crippen LogP contribution in [0.15, 0.2) is 109 Å². The molecule has 1 aliphatic rings. The Hall–Kier alpha value is -3.99. The van der Waals surface area contributed by atoms with E-state index in [-0.39, 0.29) is 0 Å². The van der Waals surface area contributed by atoms with Gasteiger partial charge in [-0.15, -0.1) is 11.8 Å². The molecule has 68 heavy (non-hydrogen) atoms. The van der Waals surface area contributed by atoms with Crippen LogP contribution in [0, 0.1) is 25.7 Å². The first-order valence-corrected chi connectivity index (χ1v) is 28.7. The Balaban J connectivity index is 0.000000564. The Morgan fingerprint density at radius 2 is 0.926 bits per heavy atom. The van der Waals surface area contributed by atoms with Crippen LogP contribution >= 0.6 is 0 Å². The van der Waals surface area contributed by atoms with Crippen molar-refractivity contribution in [2.45, 2.75) is 227 Å². The first kappa shape index (κ1) is 56.6. The van der Waals surface area contributed by atoms with Crippen LogP contribution in [0.1, 0.15) is 234 Å². The molecule has 0 saturated carbocycles. The zero-order chi connectivity index (χ0) is 48.3. The van der Waals surface area contributed by atoms with Crippen molar-refractivity contribution in [3.63, 3.8) is 0 Å². The fraction of sp³-hybridized carbons (Fsp3) is 0.538. The standard InChI is InChI=1S/C51H78N2.2C7H7.Ni/c1-4-7-10-12-13-14-15-16-17-18-19-20-21-22-23-24-25-26-27-28-29-32-38-46-39-33-34-42-49(46)51-48(40-30-9-6-3)44-50(53(51)52)47-41-35-37-45(43-47)36-31-11-8-5-2;2*1-7-5-3-2-4-6-7;/h33-35,37,39,41-44H,4-27,30-32,36,38,40H2,1-3H3;2*3-6H,1H3;. The zero-order valence-corrected chi connectivity index (χ0v) is 44.7. The molecule has 5 rings (SSSR count). The summed E-state index contributed by atoms with van der Waals surface area (Å²) >= 11 is 1.61. The SMILES string of the molecule is CCCCCCCCCCCCCCCCCCCCC#CCCc1ccccc1C1=C(CCCCC)C=C(c2cccc(CCCCCC)c2)[N+]1=[N-].Cc1cc[c]([Ni][c]2ccc(C)cc2)cc1. The number of aryl methyl sites for hydroxylation is 4. The van der Waals surface area contributed by atoms with Crippen molar-refractivity contribution in [1.82, 2.24) is 0 Å². The van der Waals surface area contributed by atoms with E-state index in [1.165, 1.54) is 196 Å². The van der Waals surface area contributed by atoms with Gasteiger partial charge in [0.15, 0.2) is 0 Å². The number of rotatable bonds is 33. The number of hydrogen-bond acceptors (Lipinski definition) is 0. The van der Waals surface area contributed by atoms with Crippen molar-refractivity contribution in [2.24, 2.45) is 0 Å². The molecule has 372 valence electrons. The van der Waals surface area contributed by atoms with Gasteiger partial charge < -0.3 is 5.53 Å². The number of nitrogens with zero attached hydrogens (tertiary/aromatic N) is 2. The molecule has 0 saturated heterocycles. The second-order valence-corrected chi connectivity index (χ2v) is 20.9. The molecule has 0 atom stereocenters. The molecule has 1 aliphatic heterocycles. The summed E-state index contributed by atoms with van der Waals surface area (Å²) in [6.45, 7) is 11.0. The van der Waals surface area contributed by atoms with Gasteiger partial charge in [0.2, 0.25) is 11.4 Å². The molecule has 0 unspecified atom stereocenters. The van der Waals surface area contributed by atoms with Crippen molar-refractivity contribution >= 4 is 20.5 Å². The van der Waals surface area contributed by atoms with Crippen molar-refractivity contribution in [1.29, 1.82) is 0 Å². The van der Waals surface area contributed by atoms with Crippen molar-refractivity contribution < 1.29 is 19.1 Å². The minimum atomic E-state index is 0.861. The predicted molar refractivity (Wildman–Crippen MR) is 295 cm³/mol. The van der Waals surface area contributed by atoms with E-state index in [1.807, 2.05) is 0 Å². The molecule has 0 aliphatic carbocycles. The summed E-state index contributed by atoms with van der Waals surface area (Å²) < 4.78 is 4.12. The quantitative estimate of drug-likeness (QED) is 0.0197. The zero-order valence-electron chi connectivity index (χ0n) is 43.7. The molecule has 0 N–H and O–H groups in total. The summed E-state index contributed by atoms with van der Waals surface area (Å²) in [5.41, 5.74) is 22.4. The van der Waals surface area contributed by atoms with Gasteiger partial charge in [-0.25, -0.2) is 4.70 Å². The average Bonchev–Trinajstić information content (AvgIpc) is 3.68. The predicted octanol–water partition coefficient (Wildman–Crippen LogP) is 18.9. The molecule has 0 fully saturated rings. The van der Waals surface area contributed by atoms with E-state index in [4.69, 9.17) is 0 Å². The van der Waals surface area contributed by atoms with Gasteiger partial charge >= 0.3 is 97.0 Å². The van der Waals surface area contributed by atoms with Crippen LogP contribution in [0.4, 0.5) is 0 Å². The Bertz CT molecular complexity index is 2050. The number of hydrogen-bond donors (Lipinski definition) is 0. The number of benzene rings is 4. The fourth-order valence-electron chi connectivity index (χ4n) is 9.16. The molecule has 0 radical (unpaired) electrons. The average molecular weight is 960 g/mol. The maximum atomic E-state index is 11.8.